The van der Waals surface area contributed by atoms with E-state index in [1.54, 1.807) is 5.38 Å². The summed E-state index contributed by atoms with van der Waals surface area (Å²) in [5, 5.41) is 6.26. The van der Waals surface area contributed by atoms with Gasteiger partial charge in [-0.15, -0.1) is 11.3 Å². The lowest BCUT2D eigenvalue weighted by Crippen LogP contribution is -1.86. The Kier molecular flexibility index (Phi) is 3.08. The normalized spacial score (nSPS) is 10.8. The van der Waals surface area contributed by atoms with Crippen LogP contribution < -0.4 is 5.73 Å². The van der Waals surface area contributed by atoms with Crippen LogP contribution in [0.2, 0.25) is 0 Å². The largest absolute Gasteiger partial charge is 0.375 e. The maximum Gasteiger partial charge on any atom is 0.277 e. The number of nitrogens with two attached hydrogens (primary N) is 1. The second-order valence-electron chi connectivity index (χ2n) is 3.95. The highest BCUT2D eigenvalue weighted by molar-refractivity contribution is 9.10. The molecule has 5 nitrogen and oxygen atoms in total. The molecule has 0 atom stereocenters. The van der Waals surface area contributed by atoms with Crippen LogP contribution in [-0.4, -0.2) is 15.1 Å². The lowest BCUT2D eigenvalue weighted by atomic mass is 10.1. The van der Waals surface area contributed by atoms with E-state index < -0.39 is 0 Å². The lowest BCUT2D eigenvalue weighted by Gasteiger charge is -2.00. The molecule has 7 heteroatoms. The minimum atomic E-state index is 0.380. The number of rotatable bonds is 2. The van der Waals surface area contributed by atoms with Crippen molar-refractivity contribution in [2.24, 2.45) is 0 Å². The van der Waals surface area contributed by atoms with Gasteiger partial charge in [0.25, 0.3) is 5.89 Å². The molecular formula is C12H9BrN4OS. The Labute approximate surface area is 121 Å². The van der Waals surface area contributed by atoms with Crippen molar-refractivity contribution in [3.63, 3.8) is 0 Å². The summed E-state index contributed by atoms with van der Waals surface area (Å²) in [6, 6.07) is 5.90. The van der Waals surface area contributed by atoms with Crippen molar-refractivity contribution in [1.29, 1.82) is 0 Å². The second-order valence-corrected chi connectivity index (χ2v) is 5.76. The van der Waals surface area contributed by atoms with Gasteiger partial charge in [0.05, 0.1) is 0 Å². The number of nitrogens with zero attached hydrogens (tertiary/aromatic N) is 3. The van der Waals surface area contributed by atoms with Crippen molar-refractivity contribution < 1.29 is 4.52 Å². The van der Waals surface area contributed by atoms with Gasteiger partial charge in [-0.1, -0.05) is 21.1 Å². The standard InChI is InChI=1S/C12H9BrN4OS/c1-6-4-7(13)2-3-8(6)10-16-11(18-17-10)9-5-19-12(14)15-9/h2-5H,1H3,(H2,14,15). The van der Waals surface area contributed by atoms with Crippen LogP contribution in [0.5, 0.6) is 0 Å². The van der Waals surface area contributed by atoms with E-state index in [0.29, 0.717) is 22.5 Å². The molecule has 1 aromatic carbocycles. The zero-order valence-corrected chi connectivity index (χ0v) is 12.3. The zero-order chi connectivity index (χ0) is 13.4. The molecule has 0 amide bonds. The average Bonchev–Trinajstić information content (AvgIpc) is 2.97. The van der Waals surface area contributed by atoms with Crippen LogP contribution in [0.3, 0.4) is 0 Å². The Morgan fingerprint density at radius 1 is 1.32 bits per heavy atom. The van der Waals surface area contributed by atoms with Gasteiger partial charge in [0.1, 0.15) is 5.69 Å². The highest BCUT2D eigenvalue weighted by Crippen LogP contribution is 2.27. The Bertz CT molecular complexity index is 737. The fraction of sp³-hybridized carbons (Fsp3) is 0.0833. The Morgan fingerprint density at radius 3 is 2.84 bits per heavy atom. The van der Waals surface area contributed by atoms with Gasteiger partial charge in [0, 0.05) is 15.4 Å². The van der Waals surface area contributed by atoms with Crippen LogP contribution in [0.15, 0.2) is 32.6 Å². The van der Waals surface area contributed by atoms with Crippen molar-refractivity contribution in [3.8, 4) is 23.0 Å². The summed E-state index contributed by atoms with van der Waals surface area (Å²) in [7, 11) is 0. The summed E-state index contributed by atoms with van der Waals surface area (Å²) < 4.78 is 6.24. The summed E-state index contributed by atoms with van der Waals surface area (Å²) in [5.74, 6) is 0.928. The van der Waals surface area contributed by atoms with Crippen LogP contribution >= 0.6 is 27.3 Å². The second kappa shape index (κ2) is 4.75. The minimum absolute atomic E-state index is 0.380. The number of benzene rings is 1. The molecule has 3 rings (SSSR count). The van der Waals surface area contributed by atoms with Gasteiger partial charge >= 0.3 is 0 Å². The molecule has 19 heavy (non-hydrogen) atoms. The van der Waals surface area contributed by atoms with Gasteiger partial charge in [0.15, 0.2) is 5.13 Å². The van der Waals surface area contributed by atoms with Crippen molar-refractivity contribution in [1.82, 2.24) is 15.1 Å². The van der Waals surface area contributed by atoms with Crippen molar-refractivity contribution in [2.75, 3.05) is 5.73 Å². The van der Waals surface area contributed by atoms with E-state index in [1.807, 2.05) is 25.1 Å². The molecule has 96 valence electrons. The fourth-order valence-corrected chi connectivity index (χ4v) is 2.71. The van der Waals surface area contributed by atoms with Gasteiger partial charge in [-0.25, -0.2) is 4.98 Å². The van der Waals surface area contributed by atoms with E-state index in [9.17, 15) is 0 Å². The number of anilines is 1. The van der Waals surface area contributed by atoms with Gasteiger partial charge in [-0.2, -0.15) is 4.98 Å². The molecule has 0 fully saturated rings. The maximum absolute atomic E-state index is 5.59. The molecule has 0 saturated heterocycles. The summed E-state index contributed by atoms with van der Waals surface area (Å²) in [6.07, 6.45) is 0. The van der Waals surface area contributed by atoms with E-state index in [1.165, 1.54) is 11.3 Å². The van der Waals surface area contributed by atoms with Gasteiger partial charge in [-0.05, 0) is 30.7 Å². The first-order valence-electron chi connectivity index (χ1n) is 5.45. The number of nitrogen functional groups attached to an aromatic ring is 1. The number of aromatic nitrogens is 3. The third-order valence-corrected chi connectivity index (χ3v) is 3.76. The van der Waals surface area contributed by atoms with Crippen molar-refractivity contribution >= 4 is 32.4 Å². The monoisotopic (exact) mass is 336 g/mol. The first kappa shape index (κ1) is 12.3. The lowest BCUT2D eigenvalue weighted by molar-refractivity contribution is 0.431. The summed E-state index contributed by atoms with van der Waals surface area (Å²) in [5.41, 5.74) is 8.20. The van der Waals surface area contributed by atoms with Gasteiger partial charge in [-0.3, -0.25) is 0 Å². The first-order chi connectivity index (χ1) is 9.13. The highest BCUT2D eigenvalue weighted by Gasteiger charge is 2.14. The van der Waals surface area contributed by atoms with E-state index in [0.717, 1.165) is 15.6 Å². The summed E-state index contributed by atoms with van der Waals surface area (Å²) in [6.45, 7) is 2.00. The number of hydrogen-bond acceptors (Lipinski definition) is 6. The summed E-state index contributed by atoms with van der Waals surface area (Å²) >= 11 is 4.77. The summed E-state index contributed by atoms with van der Waals surface area (Å²) in [4.78, 5) is 8.47. The molecule has 2 N–H and O–H groups in total. The van der Waals surface area contributed by atoms with Crippen LogP contribution in [0, 0.1) is 6.92 Å². The minimum Gasteiger partial charge on any atom is -0.375 e. The molecule has 0 saturated carbocycles. The molecule has 0 radical (unpaired) electrons. The number of aryl methyl sites for hydroxylation is 1. The third-order valence-electron chi connectivity index (χ3n) is 2.60. The zero-order valence-electron chi connectivity index (χ0n) is 9.92. The fourth-order valence-electron chi connectivity index (χ4n) is 1.70. The number of hydrogen-bond donors (Lipinski definition) is 1. The molecule has 0 unspecified atom stereocenters. The van der Waals surface area contributed by atoms with E-state index in [4.69, 9.17) is 10.3 Å². The quantitative estimate of drug-likeness (QED) is 0.774. The average molecular weight is 337 g/mol. The third kappa shape index (κ3) is 2.39. The topological polar surface area (TPSA) is 77.8 Å². The predicted octanol–water partition coefficient (Wildman–Crippen LogP) is 3.51. The Balaban J connectivity index is 2.01. The molecule has 0 aliphatic heterocycles. The smallest absolute Gasteiger partial charge is 0.277 e. The van der Waals surface area contributed by atoms with Crippen molar-refractivity contribution in [2.45, 2.75) is 6.92 Å². The van der Waals surface area contributed by atoms with Crippen LogP contribution in [0.25, 0.3) is 23.0 Å². The predicted molar refractivity (Wildman–Crippen MR) is 77.7 cm³/mol. The van der Waals surface area contributed by atoms with Gasteiger partial charge in [0.2, 0.25) is 5.82 Å². The van der Waals surface area contributed by atoms with Crippen molar-refractivity contribution in [3.05, 3.63) is 33.6 Å². The molecule has 2 aromatic heterocycles. The highest BCUT2D eigenvalue weighted by atomic mass is 79.9. The van der Waals surface area contributed by atoms with Crippen LogP contribution in [0.1, 0.15) is 5.56 Å². The number of halogens is 1. The Morgan fingerprint density at radius 2 is 2.16 bits per heavy atom. The van der Waals surface area contributed by atoms with E-state index in [2.05, 4.69) is 31.1 Å². The molecule has 0 spiro atoms. The van der Waals surface area contributed by atoms with E-state index in [-0.39, 0.29) is 0 Å². The number of thiazole rings is 1. The molecule has 2 heterocycles. The van der Waals surface area contributed by atoms with Crippen LogP contribution in [-0.2, 0) is 0 Å². The molecule has 0 aliphatic carbocycles. The maximum atomic E-state index is 5.59. The van der Waals surface area contributed by atoms with Gasteiger partial charge < -0.3 is 10.3 Å². The molecule has 3 aromatic rings. The SMILES string of the molecule is Cc1cc(Br)ccc1-c1noc(-c2csc(N)n2)n1. The van der Waals surface area contributed by atoms with Crippen LogP contribution in [0.4, 0.5) is 5.13 Å². The first-order valence-corrected chi connectivity index (χ1v) is 7.12. The molecule has 0 aliphatic rings. The Hall–Kier alpha value is -1.73. The molecular weight excluding hydrogens is 328 g/mol. The van der Waals surface area contributed by atoms with E-state index >= 15 is 0 Å². The molecule has 0 bridgehead atoms.